The lowest BCUT2D eigenvalue weighted by molar-refractivity contribution is -0.133. The number of aryl methyl sites for hydroxylation is 1. The van der Waals surface area contributed by atoms with Crippen LogP contribution in [0, 0.1) is 18.8 Å². The van der Waals surface area contributed by atoms with Gasteiger partial charge in [0.15, 0.2) is 9.84 Å². The highest BCUT2D eigenvalue weighted by molar-refractivity contribution is 7.91. The van der Waals surface area contributed by atoms with Crippen molar-refractivity contribution in [3.63, 3.8) is 0 Å². The fraction of sp³-hybridized carbons (Fsp3) is 0.385. The van der Waals surface area contributed by atoms with Crippen molar-refractivity contribution in [2.45, 2.75) is 38.3 Å². The van der Waals surface area contributed by atoms with E-state index >= 15 is 0 Å². The van der Waals surface area contributed by atoms with Gasteiger partial charge in [0.2, 0.25) is 5.91 Å². The zero-order valence-electron chi connectivity index (χ0n) is 20.1. The smallest absolute Gasteiger partial charge is 0.248 e. The summed E-state index contributed by atoms with van der Waals surface area (Å²) in [5.41, 5.74) is 4.51. The van der Waals surface area contributed by atoms with Crippen LogP contribution in [-0.2, 0) is 21.2 Å². The number of rotatable bonds is 8. The average molecular weight is 498 g/mol. The zero-order valence-corrected chi connectivity index (χ0v) is 21.0. The quantitative estimate of drug-likeness (QED) is 0.363. The molecular weight excluding hydrogens is 466 g/mol. The number of pyridine rings is 1. The Morgan fingerprint density at radius 3 is 2.57 bits per heavy atom. The van der Waals surface area contributed by atoms with Gasteiger partial charge in [-0.15, -0.1) is 0 Å². The van der Waals surface area contributed by atoms with E-state index in [0.29, 0.717) is 25.4 Å². The van der Waals surface area contributed by atoms with E-state index in [1.807, 2.05) is 51.1 Å². The Morgan fingerprint density at radius 2 is 1.89 bits per heavy atom. The Balaban J connectivity index is 1.46. The van der Waals surface area contributed by atoms with Crippen molar-refractivity contribution in [3.8, 4) is 5.75 Å². The molecule has 0 unspecified atom stereocenters. The first-order valence-corrected chi connectivity index (χ1v) is 13.3. The number of nitrogens with zero attached hydrogens (tertiary/aromatic N) is 2. The fourth-order valence-electron chi connectivity index (χ4n) is 4.67. The van der Waals surface area contributed by atoms with Gasteiger partial charge in [-0.2, -0.15) is 0 Å². The number of fused-ring (bicyclic) bond motifs is 1. The number of carbonyl (C=O) groups excluding carboxylic acids is 1. The van der Waals surface area contributed by atoms with Crippen LogP contribution in [0.25, 0.3) is 10.9 Å². The van der Waals surface area contributed by atoms with Crippen molar-refractivity contribution >= 4 is 26.6 Å². The number of para-hydroxylation sites is 1. The third kappa shape index (κ3) is 5.63. The maximum atomic E-state index is 13.1. The SMILES string of the molecule is Cc1cc(COc2ccc(S(=O)(=O)C[C@H]3CN(C(C)C)C[C@@H]3C(=O)NO)cc2)c2ccccc2n1. The summed E-state index contributed by atoms with van der Waals surface area (Å²) in [4.78, 5) is 18.9. The Hall–Kier alpha value is -3.01. The predicted molar refractivity (Wildman–Crippen MR) is 133 cm³/mol. The van der Waals surface area contributed by atoms with Gasteiger partial charge in [-0.25, -0.2) is 13.9 Å². The molecule has 35 heavy (non-hydrogen) atoms. The minimum absolute atomic E-state index is 0.170. The third-order valence-corrected chi connectivity index (χ3v) is 8.44. The van der Waals surface area contributed by atoms with Crippen molar-refractivity contribution in [2.24, 2.45) is 11.8 Å². The van der Waals surface area contributed by atoms with Crippen molar-refractivity contribution in [2.75, 3.05) is 18.8 Å². The van der Waals surface area contributed by atoms with E-state index in [2.05, 4.69) is 9.88 Å². The molecule has 1 fully saturated rings. The molecule has 1 aliphatic heterocycles. The number of aromatic nitrogens is 1. The molecule has 0 radical (unpaired) electrons. The molecule has 3 aromatic rings. The molecule has 0 bridgehead atoms. The number of nitrogens with one attached hydrogen (secondary N) is 1. The first-order valence-electron chi connectivity index (χ1n) is 11.7. The van der Waals surface area contributed by atoms with Gasteiger partial charge in [0.1, 0.15) is 12.4 Å². The molecule has 2 N–H and O–H groups in total. The molecule has 2 heterocycles. The molecule has 9 heteroatoms. The topological polar surface area (TPSA) is 109 Å². The van der Waals surface area contributed by atoms with Crippen LogP contribution in [0.1, 0.15) is 25.1 Å². The number of hydroxylamine groups is 1. The number of sulfone groups is 1. The molecule has 186 valence electrons. The highest BCUT2D eigenvalue weighted by Crippen LogP contribution is 2.29. The lowest BCUT2D eigenvalue weighted by atomic mass is 9.97. The number of amides is 1. The van der Waals surface area contributed by atoms with Crippen molar-refractivity contribution < 1.29 is 23.2 Å². The van der Waals surface area contributed by atoms with Crippen molar-refractivity contribution in [1.29, 1.82) is 0 Å². The number of hydrogen-bond donors (Lipinski definition) is 2. The lowest BCUT2D eigenvalue weighted by Gasteiger charge is -2.20. The van der Waals surface area contributed by atoms with Gasteiger partial charge in [-0.3, -0.25) is 19.9 Å². The summed E-state index contributed by atoms with van der Waals surface area (Å²) in [5.74, 6) is -1.15. The molecule has 2 aromatic carbocycles. The monoisotopic (exact) mass is 497 g/mol. The molecule has 1 amide bonds. The van der Waals surface area contributed by atoms with Crippen molar-refractivity contribution in [1.82, 2.24) is 15.4 Å². The molecule has 8 nitrogen and oxygen atoms in total. The van der Waals surface area contributed by atoms with Crippen LogP contribution >= 0.6 is 0 Å². The molecule has 1 saturated heterocycles. The first kappa shape index (κ1) is 25.1. The van der Waals surface area contributed by atoms with Crippen LogP contribution in [0.15, 0.2) is 59.5 Å². The Labute approximate surface area is 205 Å². The van der Waals surface area contributed by atoms with Gasteiger partial charge in [-0.1, -0.05) is 18.2 Å². The highest BCUT2D eigenvalue weighted by atomic mass is 32.2. The standard InChI is InChI=1S/C26H31N3O5S/c1-17(2)29-13-20(24(14-29)26(30)28-31)16-35(32,33)22-10-8-21(9-11-22)34-15-19-12-18(3)27-25-7-5-4-6-23(19)25/h4-12,17,20,24,31H,13-16H2,1-3H3,(H,28,30)/t20-,24+/m1/s1. The molecule has 4 rings (SSSR count). The Kier molecular flexibility index (Phi) is 7.39. The largest absolute Gasteiger partial charge is 0.489 e. The fourth-order valence-corrected chi connectivity index (χ4v) is 6.32. The van der Waals surface area contributed by atoms with E-state index in [-0.39, 0.29) is 16.7 Å². The van der Waals surface area contributed by atoms with E-state index in [1.165, 1.54) is 12.1 Å². The van der Waals surface area contributed by atoms with Gasteiger partial charge in [0.05, 0.1) is 22.1 Å². The summed E-state index contributed by atoms with van der Waals surface area (Å²) >= 11 is 0. The average Bonchev–Trinajstić information content (AvgIpc) is 3.25. The van der Waals surface area contributed by atoms with E-state index in [9.17, 15) is 13.2 Å². The minimum Gasteiger partial charge on any atom is -0.489 e. The summed E-state index contributed by atoms with van der Waals surface area (Å²) in [5, 5.41) is 10.1. The molecule has 1 aromatic heterocycles. The van der Waals surface area contributed by atoms with Crippen LogP contribution in [0.5, 0.6) is 5.75 Å². The summed E-state index contributed by atoms with van der Waals surface area (Å²) < 4.78 is 32.2. The first-order chi connectivity index (χ1) is 16.7. The Bertz CT molecular complexity index is 1310. The molecule has 0 saturated carbocycles. The maximum absolute atomic E-state index is 13.1. The van der Waals surface area contributed by atoms with E-state index in [0.717, 1.165) is 22.2 Å². The number of benzene rings is 2. The number of ether oxygens (including phenoxy) is 1. The van der Waals surface area contributed by atoms with Gasteiger partial charge < -0.3 is 4.74 Å². The van der Waals surface area contributed by atoms with Gasteiger partial charge in [0, 0.05) is 35.8 Å². The second-order valence-corrected chi connectivity index (χ2v) is 11.4. The van der Waals surface area contributed by atoms with E-state index in [1.54, 1.807) is 17.6 Å². The van der Waals surface area contributed by atoms with Crippen LogP contribution in [0.3, 0.4) is 0 Å². The normalized spacial score (nSPS) is 18.8. The van der Waals surface area contributed by atoms with Crippen LogP contribution in [0.4, 0.5) is 0 Å². The van der Waals surface area contributed by atoms with Crippen molar-refractivity contribution in [3.05, 3.63) is 65.9 Å². The molecular formula is C26H31N3O5S. The number of likely N-dealkylation sites (tertiary alicyclic amines) is 1. The summed E-state index contributed by atoms with van der Waals surface area (Å²) in [6.07, 6.45) is 0. The summed E-state index contributed by atoms with van der Waals surface area (Å²) in [6, 6.07) is 16.4. The van der Waals surface area contributed by atoms with E-state index < -0.39 is 27.6 Å². The highest BCUT2D eigenvalue weighted by Gasteiger charge is 2.40. The second kappa shape index (κ2) is 10.3. The van der Waals surface area contributed by atoms with Gasteiger partial charge in [0.25, 0.3) is 0 Å². The zero-order chi connectivity index (χ0) is 25.2. The summed E-state index contributed by atoms with van der Waals surface area (Å²) in [6.45, 7) is 7.17. The lowest BCUT2D eigenvalue weighted by Crippen LogP contribution is -2.35. The van der Waals surface area contributed by atoms with Gasteiger partial charge >= 0.3 is 0 Å². The maximum Gasteiger partial charge on any atom is 0.248 e. The van der Waals surface area contributed by atoms with E-state index in [4.69, 9.17) is 9.94 Å². The Morgan fingerprint density at radius 1 is 1.17 bits per heavy atom. The van der Waals surface area contributed by atoms with Crippen LogP contribution in [0.2, 0.25) is 0 Å². The predicted octanol–water partition coefficient (Wildman–Crippen LogP) is 3.36. The number of carbonyl (C=O) groups is 1. The second-order valence-electron chi connectivity index (χ2n) is 9.37. The minimum atomic E-state index is -3.64. The van der Waals surface area contributed by atoms with Crippen LogP contribution in [-0.4, -0.2) is 54.3 Å². The third-order valence-electron chi connectivity index (χ3n) is 6.59. The molecule has 0 spiro atoms. The molecule has 1 aliphatic rings. The van der Waals surface area contributed by atoms with Gasteiger partial charge in [-0.05, 0) is 63.1 Å². The summed E-state index contributed by atoms with van der Waals surface area (Å²) in [7, 11) is -3.64. The number of hydrogen-bond acceptors (Lipinski definition) is 7. The van der Waals surface area contributed by atoms with Crippen LogP contribution < -0.4 is 10.2 Å². The molecule has 2 atom stereocenters. The molecule has 0 aliphatic carbocycles.